The van der Waals surface area contributed by atoms with Gasteiger partial charge in [0.25, 0.3) is 0 Å². The highest BCUT2D eigenvalue weighted by molar-refractivity contribution is 7.99. The summed E-state index contributed by atoms with van der Waals surface area (Å²) in [5, 5.41) is -0.176. The first kappa shape index (κ1) is 19.5. The van der Waals surface area contributed by atoms with Gasteiger partial charge in [0.1, 0.15) is 11.6 Å². The van der Waals surface area contributed by atoms with E-state index in [1.807, 2.05) is 6.07 Å². The number of Topliss-reactive ketones (excluding diaryl/α,β-unsaturated/α-hetero) is 1. The van der Waals surface area contributed by atoms with E-state index in [9.17, 15) is 18.4 Å². The number of amides is 1. The molecule has 0 spiro atoms. The minimum absolute atomic E-state index is 0.0483. The van der Waals surface area contributed by atoms with Crippen molar-refractivity contribution in [2.45, 2.75) is 24.5 Å². The molecule has 0 aromatic heterocycles. The van der Waals surface area contributed by atoms with Gasteiger partial charge in [-0.15, -0.1) is 0 Å². The maximum atomic E-state index is 14.0. The molecule has 142 valence electrons. The Labute approximate surface area is 161 Å². The molecule has 1 aliphatic heterocycles. The minimum atomic E-state index is -0.455. The third-order valence-electron chi connectivity index (χ3n) is 4.66. The summed E-state index contributed by atoms with van der Waals surface area (Å²) in [6.45, 7) is 1.03. The summed E-state index contributed by atoms with van der Waals surface area (Å²) in [6, 6.07) is 12.4. The Kier molecular flexibility index (Phi) is 6.61. The number of hydrogen-bond acceptors (Lipinski definition) is 3. The molecule has 1 heterocycles. The molecular formula is C21H21F2NO2S. The Hall–Kier alpha value is -2.21. The first-order chi connectivity index (χ1) is 13.0. The lowest BCUT2D eigenvalue weighted by atomic mass is 10.1. The van der Waals surface area contributed by atoms with E-state index in [1.54, 1.807) is 29.2 Å². The Morgan fingerprint density at radius 2 is 1.81 bits per heavy atom. The van der Waals surface area contributed by atoms with Crippen LogP contribution in [0.25, 0.3) is 0 Å². The Bertz CT molecular complexity index is 813. The normalized spacial score (nSPS) is 17.4. The molecule has 1 atom stereocenters. The van der Waals surface area contributed by atoms with E-state index in [0.29, 0.717) is 36.4 Å². The topological polar surface area (TPSA) is 37.4 Å². The zero-order valence-corrected chi connectivity index (χ0v) is 15.7. The van der Waals surface area contributed by atoms with Crippen LogP contribution in [0.4, 0.5) is 8.78 Å². The van der Waals surface area contributed by atoms with E-state index in [2.05, 4.69) is 0 Å². The van der Waals surface area contributed by atoms with E-state index < -0.39 is 11.6 Å². The van der Waals surface area contributed by atoms with Gasteiger partial charge >= 0.3 is 0 Å². The molecule has 1 amide bonds. The molecule has 3 nitrogen and oxygen atoms in total. The highest BCUT2D eigenvalue weighted by Crippen LogP contribution is 2.36. The molecule has 27 heavy (non-hydrogen) atoms. The number of rotatable bonds is 5. The van der Waals surface area contributed by atoms with Crippen LogP contribution in [0, 0.1) is 11.6 Å². The van der Waals surface area contributed by atoms with Gasteiger partial charge in [0, 0.05) is 48.1 Å². The molecule has 1 fully saturated rings. The van der Waals surface area contributed by atoms with Crippen LogP contribution in [-0.2, 0) is 4.79 Å². The maximum Gasteiger partial charge on any atom is 0.223 e. The zero-order chi connectivity index (χ0) is 19.2. The number of thioether (sulfide) groups is 1. The van der Waals surface area contributed by atoms with Crippen LogP contribution in [0.5, 0.6) is 0 Å². The number of carbonyl (C=O) groups excluding carboxylic acids is 2. The quantitative estimate of drug-likeness (QED) is 0.700. The Morgan fingerprint density at radius 1 is 1.04 bits per heavy atom. The third kappa shape index (κ3) is 5.16. The smallest absolute Gasteiger partial charge is 0.223 e. The highest BCUT2D eigenvalue weighted by atomic mass is 32.2. The molecule has 6 heteroatoms. The van der Waals surface area contributed by atoms with Gasteiger partial charge in [0.05, 0.1) is 0 Å². The maximum absolute atomic E-state index is 14.0. The van der Waals surface area contributed by atoms with E-state index in [4.69, 9.17) is 0 Å². The van der Waals surface area contributed by atoms with Gasteiger partial charge in [-0.2, -0.15) is 11.8 Å². The lowest BCUT2D eigenvalue weighted by molar-refractivity contribution is -0.130. The third-order valence-corrected chi connectivity index (χ3v) is 5.97. The number of ketones is 1. The molecule has 2 aromatic rings. The lowest BCUT2D eigenvalue weighted by Gasteiger charge is -2.20. The summed E-state index contributed by atoms with van der Waals surface area (Å²) in [5.74, 6) is -0.335. The Morgan fingerprint density at radius 3 is 2.59 bits per heavy atom. The van der Waals surface area contributed by atoms with Gasteiger partial charge in [-0.1, -0.05) is 30.3 Å². The Balaban J connectivity index is 1.55. The molecule has 0 N–H and O–H groups in total. The fourth-order valence-electron chi connectivity index (χ4n) is 3.18. The molecular weight excluding hydrogens is 368 g/mol. The molecule has 0 bridgehead atoms. The van der Waals surface area contributed by atoms with Gasteiger partial charge in [0.2, 0.25) is 5.91 Å². The second kappa shape index (κ2) is 9.13. The van der Waals surface area contributed by atoms with Crippen LogP contribution >= 0.6 is 11.8 Å². The number of carbonyl (C=O) groups is 2. The number of halogens is 2. The lowest BCUT2D eigenvalue weighted by Crippen LogP contribution is -2.33. The fourth-order valence-corrected chi connectivity index (χ4v) is 4.42. The molecule has 0 saturated carbocycles. The highest BCUT2D eigenvalue weighted by Gasteiger charge is 2.24. The van der Waals surface area contributed by atoms with Crippen molar-refractivity contribution in [3.8, 4) is 0 Å². The number of benzene rings is 2. The summed E-state index contributed by atoms with van der Waals surface area (Å²) in [6.07, 6.45) is 0.898. The van der Waals surface area contributed by atoms with Crippen LogP contribution in [0.3, 0.4) is 0 Å². The van der Waals surface area contributed by atoms with Gasteiger partial charge in [-0.25, -0.2) is 8.78 Å². The van der Waals surface area contributed by atoms with Gasteiger partial charge in [-0.05, 0) is 24.6 Å². The van der Waals surface area contributed by atoms with E-state index in [1.165, 1.54) is 17.8 Å². The first-order valence-electron chi connectivity index (χ1n) is 8.97. The molecule has 3 rings (SSSR count). The van der Waals surface area contributed by atoms with Gasteiger partial charge in [0.15, 0.2) is 5.78 Å². The van der Waals surface area contributed by atoms with Crippen LogP contribution < -0.4 is 0 Å². The van der Waals surface area contributed by atoms with E-state index in [-0.39, 0.29) is 29.8 Å². The van der Waals surface area contributed by atoms with Crippen LogP contribution in [0.2, 0.25) is 0 Å². The van der Waals surface area contributed by atoms with E-state index in [0.717, 1.165) is 12.1 Å². The van der Waals surface area contributed by atoms with Crippen molar-refractivity contribution in [2.75, 3.05) is 18.8 Å². The van der Waals surface area contributed by atoms with Crippen molar-refractivity contribution in [1.82, 2.24) is 4.90 Å². The van der Waals surface area contributed by atoms with Crippen molar-refractivity contribution >= 4 is 23.5 Å². The zero-order valence-electron chi connectivity index (χ0n) is 14.9. The van der Waals surface area contributed by atoms with Crippen molar-refractivity contribution in [1.29, 1.82) is 0 Å². The van der Waals surface area contributed by atoms with E-state index >= 15 is 0 Å². The van der Waals surface area contributed by atoms with Crippen molar-refractivity contribution in [3.63, 3.8) is 0 Å². The monoisotopic (exact) mass is 389 g/mol. The molecule has 2 aromatic carbocycles. The second-order valence-corrected chi connectivity index (χ2v) is 7.79. The molecule has 0 unspecified atom stereocenters. The SMILES string of the molecule is O=C(CCC(=O)N1CCS[C@H](c2cc(F)ccc2F)CC1)c1ccccc1. The largest absolute Gasteiger partial charge is 0.342 e. The number of hydrogen-bond donors (Lipinski definition) is 0. The predicted molar refractivity (Wildman–Crippen MR) is 103 cm³/mol. The van der Waals surface area contributed by atoms with Gasteiger partial charge < -0.3 is 4.90 Å². The summed E-state index contributed by atoms with van der Waals surface area (Å²) in [5.41, 5.74) is 0.965. The van der Waals surface area contributed by atoms with Crippen molar-refractivity contribution in [3.05, 3.63) is 71.3 Å². The number of nitrogens with zero attached hydrogens (tertiary/aromatic N) is 1. The fraction of sp³-hybridized carbons (Fsp3) is 0.333. The molecule has 1 aliphatic rings. The van der Waals surface area contributed by atoms with Crippen LogP contribution in [0.15, 0.2) is 48.5 Å². The first-order valence-corrected chi connectivity index (χ1v) is 10.0. The summed E-state index contributed by atoms with van der Waals surface area (Å²) in [4.78, 5) is 26.4. The molecule has 0 aliphatic carbocycles. The van der Waals surface area contributed by atoms with Crippen molar-refractivity contribution in [2.24, 2.45) is 0 Å². The van der Waals surface area contributed by atoms with Gasteiger partial charge in [-0.3, -0.25) is 9.59 Å². The molecule has 0 radical (unpaired) electrons. The predicted octanol–water partition coefficient (Wildman–Crippen LogP) is 4.63. The summed E-state index contributed by atoms with van der Waals surface area (Å²) >= 11 is 1.53. The molecule has 1 saturated heterocycles. The average molecular weight is 389 g/mol. The summed E-state index contributed by atoms with van der Waals surface area (Å²) < 4.78 is 27.5. The summed E-state index contributed by atoms with van der Waals surface area (Å²) in [7, 11) is 0. The minimum Gasteiger partial charge on any atom is -0.342 e. The second-order valence-electron chi connectivity index (χ2n) is 6.48. The van der Waals surface area contributed by atoms with Crippen LogP contribution in [-0.4, -0.2) is 35.4 Å². The van der Waals surface area contributed by atoms with Crippen molar-refractivity contribution < 1.29 is 18.4 Å². The average Bonchev–Trinajstić information content (AvgIpc) is 2.94. The van der Waals surface area contributed by atoms with Crippen LogP contribution in [0.1, 0.15) is 40.4 Å². The standard InChI is InChI=1S/C21H21F2NO2S/c22-16-6-7-18(23)17(14-16)20-10-11-24(12-13-27-20)21(26)9-8-19(25)15-4-2-1-3-5-15/h1-7,14,20H,8-13H2/t20-/m0/s1.